The molecule has 94 valence electrons. The Hall–Kier alpha value is -1.69. The van der Waals surface area contributed by atoms with Crippen LogP contribution in [-0.2, 0) is 6.54 Å². The Kier molecular flexibility index (Phi) is 2.87. The van der Waals surface area contributed by atoms with E-state index in [0.717, 1.165) is 28.8 Å². The van der Waals surface area contributed by atoms with Gasteiger partial charge in [0.15, 0.2) is 0 Å². The Balaban J connectivity index is 1.92. The van der Waals surface area contributed by atoms with Gasteiger partial charge in [0.25, 0.3) is 0 Å². The van der Waals surface area contributed by atoms with Gasteiger partial charge >= 0.3 is 0 Å². The summed E-state index contributed by atoms with van der Waals surface area (Å²) in [6.07, 6.45) is 0. The molecule has 1 aromatic carbocycles. The number of rotatable bonds is 1. The lowest BCUT2D eigenvalue weighted by Gasteiger charge is -2.17. The van der Waals surface area contributed by atoms with E-state index in [-0.39, 0.29) is 5.82 Å². The summed E-state index contributed by atoms with van der Waals surface area (Å²) in [6.45, 7) is 3.76. The third kappa shape index (κ3) is 2.15. The van der Waals surface area contributed by atoms with Crippen LogP contribution < -0.4 is 9.64 Å². The molecule has 3 rings (SSSR count). The number of hydrogen-bond acceptors (Lipinski definition) is 5. The molecule has 0 aliphatic carbocycles. The van der Waals surface area contributed by atoms with Gasteiger partial charge in [-0.15, -0.1) is 0 Å². The number of anilines is 1. The molecule has 6 heteroatoms. The van der Waals surface area contributed by atoms with Gasteiger partial charge < -0.3 is 9.64 Å². The highest BCUT2D eigenvalue weighted by Crippen LogP contribution is 2.27. The number of benzene rings is 1. The second-order valence-electron chi connectivity index (χ2n) is 4.15. The van der Waals surface area contributed by atoms with Crippen LogP contribution in [-0.4, -0.2) is 22.5 Å². The van der Waals surface area contributed by atoms with Crippen LogP contribution in [0.1, 0.15) is 11.4 Å². The van der Waals surface area contributed by atoms with Gasteiger partial charge in [-0.1, -0.05) is 0 Å². The minimum atomic E-state index is -0.243. The molecule has 1 aliphatic heterocycles. The number of halogens is 1. The van der Waals surface area contributed by atoms with Crippen LogP contribution in [0.3, 0.4) is 0 Å². The fraction of sp³-hybridized carbons (Fsp3) is 0.333. The maximum Gasteiger partial charge on any atom is 0.205 e. The molecule has 4 nitrogen and oxygen atoms in total. The molecule has 0 radical (unpaired) electrons. The van der Waals surface area contributed by atoms with Gasteiger partial charge in [0.2, 0.25) is 5.13 Å². The first-order valence-electron chi connectivity index (χ1n) is 5.69. The average Bonchev–Trinajstić information content (AvgIpc) is 2.66. The van der Waals surface area contributed by atoms with Gasteiger partial charge in [-0.3, -0.25) is 0 Å². The zero-order valence-electron chi connectivity index (χ0n) is 9.89. The normalized spacial score (nSPS) is 14.9. The second kappa shape index (κ2) is 4.53. The van der Waals surface area contributed by atoms with E-state index in [1.165, 1.54) is 23.7 Å². The van der Waals surface area contributed by atoms with E-state index in [1.807, 2.05) is 6.92 Å². The van der Waals surface area contributed by atoms with Gasteiger partial charge in [-0.2, -0.15) is 4.37 Å². The monoisotopic (exact) mass is 265 g/mol. The van der Waals surface area contributed by atoms with Crippen molar-refractivity contribution in [3.05, 3.63) is 35.4 Å². The number of ether oxygens (including phenoxy) is 1. The highest BCUT2D eigenvalue weighted by Gasteiger charge is 2.18. The molecule has 0 unspecified atom stereocenters. The molecule has 0 saturated carbocycles. The summed E-state index contributed by atoms with van der Waals surface area (Å²) in [7, 11) is 0. The molecule has 1 aromatic heterocycles. The van der Waals surface area contributed by atoms with Crippen molar-refractivity contribution in [2.45, 2.75) is 13.5 Å². The largest absolute Gasteiger partial charge is 0.491 e. The van der Waals surface area contributed by atoms with E-state index in [1.54, 1.807) is 6.07 Å². The smallest absolute Gasteiger partial charge is 0.205 e. The van der Waals surface area contributed by atoms with E-state index in [9.17, 15) is 4.39 Å². The zero-order chi connectivity index (χ0) is 12.5. The van der Waals surface area contributed by atoms with Crippen LogP contribution in [0.2, 0.25) is 0 Å². The standard InChI is InChI=1S/C12H12FN3OS/c1-8-14-12(18-15-8)16-4-5-17-11-3-2-10(13)6-9(11)7-16/h2-3,6H,4-5,7H2,1H3. The highest BCUT2D eigenvalue weighted by molar-refractivity contribution is 7.09. The number of aryl methyl sites for hydroxylation is 1. The van der Waals surface area contributed by atoms with Crippen LogP contribution in [0.15, 0.2) is 18.2 Å². The fourth-order valence-corrected chi connectivity index (χ4v) is 2.64. The SMILES string of the molecule is Cc1nsc(N2CCOc3ccc(F)cc3C2)n1. The van der Waals surface area contributed by atoms with Crippen molar-refractivity contribution in [3.8, 4) is 5.75 Å². The first-order valence-corrected chi connectivity index (χ1v) is 6.46. The summed E-state index contributed by atoms with van der Waals surface area (Å²) in [4.78, 5) is 6.42. The van der Waals surface area contributed by atoms with Crippen molar-refractivity contribution >= 4 is 16.7 Å². The van der Waals surface area contributed by atoms with Gasteiger partial charge in [0, 0.05) is 23.6 Å². The van der Waals surface area contributed by atoms with Crippen molar-refractivity contribution < 1.29 is 9.13 Å². The summed E-state index contributed by atoms with van der Waals surface area (Å²) < 4.78 is 23.0. The van der Waals surface area contributed by atoms with E-state index < -0.39 is 0 Å². The first kappa shape index (κ1) is 11.4. The number of aromatic nitrogens is 2. The van der Waals surface area contributed by atoms with Crippen molar-refractivity contribution in [3.63, 3.8) is 0 Å². The summed E-state index contributed by atoms with van der Waals surface area (Å²) >= 11 is 1.36. The highest BCUT2D eigenvalue weighted by atomic mass is 32.1. The Bertz CT molecular complexity index is 572. The van der Waals surface area contributed by atoms with E-state index in [0.29, 0.717) is 13.2 Å². The van der Waals surface area contributed by atoms with Gasteiger partial charge in [-0.25, -0.2) is 9.37 Å². The van der Waals surface area contributed by atoms with E-state index >= 15 is 0 Å². The predicted molar refractivity (Wildman–Crippen MR) is 67.6 cm³/mol. The molecular formula is C12H12FN3OS. The maximum atomic E-state index is 13.3. The molecule has 2 aromatic rings. The Morgan fingerprint density at radius 2 is 2.33 bits per heavy atom. The van der Waals surface area contributed by atoms with Crippen LogP contribution in [0.25, 0.3) is 0 Å². The molecule has 1 aliphatic rings. The number of fused-ring (bicyclic) bond motifs is 1. The second-order valence-corrected chi connectivity index (χ2v) is 4.88. The molecule has 0 spiro atoms. The Morgan fingerprint density at radius 3 is 3.11 bits per heavy atom. The molecule has 0 fully saturated rings. The van der Waals surface area contributed by atoms with Gasteiger partial charge in [-0.05, 0) is 25.1 Å². The van der Waals surface area contributed by atoms with Gasteiger partial charge in [0.05, 0.1) is 6.54 Å². The van der Waals surface area contributed by atoms with Crippen LogP contribution >= 0.6 is 11.5 Å². The molecule has 0 N–H and O–H groups in total. The van der Waals surface area contributed by atoms with Crippen LogP contribution in [0, 0.1) is 12.7 Å². The summed E-state index contributed by atoms with van der Waals surface area (Å²) in [6, 6.07) is 4.62. The summed E-state index contributed by atoms with van der Waals surface area (Å²) in [5.41, 5.74) is 0.848. The van der Waals surface area contributed by atoms with E-state index in [2.05, 4.69) is 14.3 Å². The molecular weight excluding hydrogens is 253 g/mol. The molecule has 2 heterocycles. The Morgan fingerprint density at radius 1 is 1.44 bits per heavy atom. The summed E-state index contributed by atoms with van der Waals surface area (Å²) in [5.74, 6) is 1.27. The third-order valence-corrected chi connectivity index (χ3v) is 3.66. The number of hydrogen-bond donors (Lipinski definition) is 0. The molecule has 0 amide bonds. The van der Waals surface area contributed by atoms with Crippen molar-refractivity contribution in [1.29, 1.82) is 0 Å². The first-order chi connectivity index (χ1) is 8.72. The predicted octanol–water partition coefficient (Wildman–Crippen LogP) is 2.38. The zero-order valence-corrected chi connectivity index (χ0v) is 10.7. The fourth-order valence-electron chi connectivity index (χ4n) is 1.94. The van der Waals surface area contributed by atoms with Crippen LogP contribution in [0.5, 0.6) is 5.75 Å². The third-order valence-electron chi connectivity index (χ3n) is 2.79. The molecule has 0 atom stereocenters. The number of nitrogens with zero attached hydrogens (tertiary/aromatic N) is 3. The molecule has 18 heavy (non-hydrogen) atoms. The maximum absolute atomic E-state index is 13.3. The minimum Gasteiger partial charge on any atom is -0.491 e. The minimum absolute atomic E-state index is 0.243. The topological polar surface area (TPSA) is 38.2 Å². The van der Waals surface area contributed by atoms with Crippen molar-refractivity contribution in [1.82, 2.24) is 9.36 Å². The Labute approximate surface area is 108 Å². The lowest BCUT2D eigenvalue weighted by atomic mass is 10.2. The quantitative estimate of drug-likeness (QED) is 0.793. The lowest BCUT2D eigenvalue weighted by Crippen LogP contribution is -2.25. The van der Waals surface area contributed by atoms with E-state index in [4.69, 9.17) is 4.74 Å². The van der Waals surface area contributed by atoms with Crippen molar-refractivity contribution in [2.24, 2.45) is 0 Å². The van der Waals surface area contributed by atoms with Gasteiger partial charge in [0.1, 0.15) is 24.0 Å². The summed E-state index contributed by atoms with van der Waals surface area (Å²) in [5, 5.41) is 0.855. The van der Waals surface area contributed by atoms with Crippen molar-refractivity contribution in [2.75, 3.05) is 18.1 Å². The molecule has 0 bridgehead atoms. The average molecular weight is 265 g/mol. The van der Waals surface area contributed by atoms with Crippen LogP contribution in [0.4, 0.5) is 9.52 Å². The molecule has 0 saturated heterocycles. The lowest BCUT2D eigenvalue weighted by molar-refractivity contribution is 0.331.